The number of carbonyl (C=O) groups excluding carboxylic acids is 1. The first-order chi connectivity index (χ1) is 9.10. The van der Waals surface area contributed by atoms with Crippen LogP contribution in [-0.4, -0.2) is 23.5 Å². The van der Waals surface area contributed by atoms with E-state index in [1.165, 1.54) is 19.3 Å². The average molecular weight is 279 g/mol. The molecule has 2 rings (SSSR count). The molecule has 1 fully saturated rings. The Kier molecular flexibility index (Phi) is 4.58. The Bertz CT molecular complexity index is 464. The van der Waals surface area contributed by atoms with Crippen LogP contribution in [0.1, 0.15) is 36.0 Å². The third kappa shape index (κ3) is 3.56. The molecule has 2 atom stereocenters. The van der Waals surface area contributed by atoms with Crippen molar-refractivity contribution in [1.29, 1.82) is 0 Å². The highest BCUT2D eigenvalue weighted by molar-refractivity contribution is 7.99. The smallest absolute Gasteiger partial charge is 0.248 e. The number of benzene rings is 1. The highest BCUT2D eigenvalue weighted by atomic mass is 32.2. The van der Waals surface area contributed by atoms with Crippen molar-refractivity contribution >= 4 is 29.0 Å². The summed E-state index contributed by atoms with van der Waals surface area (Å²) < 4.78 is 0. The molecule has 0 spiro atoms. The SMILES string of the molecule is CSC1CCCC(Nc2ccc(C(N)=O)cc2N)C1. The summed E-state index contributed by atoms with van der Waals surface area (Å²) >= 11 is 1.94. The Labute approximate surface area is 118 Å². The molecule has 0 radical (unpaired) electrons. The van der Waals surface area contributed by atoms with Crippen molar-refractivity contribution in [3.63, 3.8) is 0 Å². The van der Waals surface area contributed by atoms with E-state index < -0.39 is 5.91 Å². The van der Waals surface area contributed by atoms with E-state index in [-0.39, 0.29) is 0 Å². The topological polar surface area (TPSA) is 81.1 Å². The summed E-state index contributed by atoms with van der Waals surface area (Å²) in [5.41, 5.74) is 13.1. The Morgan fingerprint density at radius 3 is 2.84 bits per heavy atom. The van der Waals surface area contributed by atoms with Gasteiger partial charge in [0.15, 0.2) is 0 Å². The maximum atomic E-state index is 11.1. The molecule has 1 aromatic carbocycles. The van der Waals surface area contributed by atoms with Crippen LogP contribution < -0.4 is 16.8 Å². The number of nitrogens with one attached hydrogen (secondary N) is 1. The molecule has 104 valence electrons. The predicted octanol–water partition coefficient (Wildman–Crippen LogP) is 2.45. The number of hydrogen-bond donors (Lipinski definition) is 3. The van der Waals surface area contributed by atoms with Gasteiger partial charge in [0.2, 0.25) is 5.91 Å². The molecule has 1 aliphatic carbocycles. The predicted molar refractivity (Wildman–Crippen MR) is 82.6 cm³/mol. The highest BCUT2D eigenvalue weighted by Gasteiger charge is 2.21. The molecule has 19 heavy (non-hydrogen) atoms. The van der Waals surface area contributed by atoms with Gasteiger partial charge in [0, 0.05) is 16.9 Å². The Morgan fingerprint density at radius 1 is 1.42 bits per heavy atom. The monoisotopic (exact) mass is 279 g/mol. The van der Waals surface area contributed by atoms with Crippen LogP contribution in [0.2, 0.25) is 0 Å². The number of amides is 1. The van der Waals surface area contributed by atoms with Crippen LogP contribution in [0.4, 0.5) is 11.4 Å². The van der Waals surface area contributed by atoms with E-state index >= 15 is 0 Å². The van der Waals surface area contributed by atoms with Crippen LogP contribution >= 0.6 is 11.8 Å². The summed E-state index contributed by atoms with van der Waals surface area (Å²) in [4.78, 5) is 11.1. The van der Waals surface area contributed by atoms with Gasteiger partial charge in [0.25, 0.3) is 0 Å². The standard InChI is InChI=1S/C14H21N3OS/c1-19-11-4-2-3-10(8-11)17-13-6-5-9(14(16)18)7-12(13)15/h5-7,10-11,17H,2-4,8,15H2,1H3,(H2,16,18). The lowest BCUT2D eigenvalue weighted by Crippen LogP contribution is -2.28. The van der Waals surface area contributed by atoms with E-state index in [1.807, 2.05) is 17.8 Å². The molecule has 0 aliphatic heterocycles. The summed E-state index contributed by atoms with van der Waals surface area (Å²) in [5.74, 6) is -0.446. The molecule has 1 saturated carbocycles. The number of thioether (sulfide) groups is 1. The third-order valence-electron chi connectivity index (χ3n) is 3.66. The fraction of sp³-hybridized carbons (Fsp3) is 0.500. The molecule has 2 unspecified atom stereocenters. The number of carbonyl (C=O) groups is 1. The molecule has 4 nitrogen and oxygen atoms in total. The minimum absolute atomic E-state index is 0.446. The van der Waals surface area contributed by atoms with Gasteiger partial charge >= 0.3 is 0 Å². The zero-order valence-electron chi connectivity index (χ0n) is 11.2. The molecule has 0 heterocycles. The number of rotatable bonds is 4. The third-order valence-corrected chi connectivity index (χ3v) is 4.75. The van der Waals surface area contributed by atoms with Gasteiger partial charge in [0.05, 0.1) is 11.4 Å². The zero-order valence-corrected chi connectivity index (χ0v) is 12.0. The first kappa shape index (κ1) is 14.1. The second-order valence-corrected chi connectivity index (χ2v) is 6.17. The molecule has 0 aromatic heterocycles. The van der Waals surface area contributed by atoms with Crippen LogP contribution in [0.3, 0.4) is 0 Å². The minimum atomic E-state index is -0.446. The Hall–Kier alpha value is -1.36. The van der Waals surface area contributed by atoms with Crippen molar-refractivity contribution in [2.24, 2.45) is 5.73 Å². The van der Waals surface area contributed by atoms with Crippen LogP contribution in [-0.2, 0) is 0 Å². The number of hydrogen-bond acceptors (Lipinski definition) is 4. The first-order valence-electron chi connectivity index (χ1n) is 6.59. The molecule has 0 bridgehead atoms. The Balaban J connectivity index is 2.04. The lowest BCUT2D eigenvalue weighted by Gasteiger charge is -2.29. The molecule has 5 N–H and O–H groups in total. The van der Waals surface area contributed by atoms with Crippen molar-refractivity contribution in [2.75, 3.05) is 17.3 Å². The summed E-state index contributed by atoms with van der Waals surface area (Å²) in [6, 6.07) is 5.67. The van der Waals surface area contributed by atoms with Gasteiger partial charge < -0.3 is 16.8 Å². The van der Waals surface area contributed by atoms with Gasteiger partial charge in [-0.2, -0.15) is 11.8 Å². The molecule has 1 aromatic rings. The number of nitrogen functional groups attached to an aromatic ring is 1. The van der Waals surface area contributed by atoms with Gasteiger partial charge in [-0.15, -0.1) is 0 Å². The highest BCUT2D eigenvalue weighted by Crippen LogP contribution is 2.30. The van der Waals surface area contributed by atoms with Gasteiger partial charge in [-0.1, -0.05) is 6.42 Å². The fourth-order valence-electron chi connectivity index (χ4n) is 2.56. The van der Waals surface area contributed by atoms with E-state index in [2.05, 4.69) is 11.6 Å². The number of primary amides is 1. The molecular weight excluding hydrogens is 258 g/mol. The van der Waals surface area contributed by atoms with Crippen molar-refractivity contribution in [2.45, 2.75) is 37.0 Å². The van der Waals surface area contributed by atoms with Gasteiger partial charge in [-0.3, -0.25) is 4.79 Å². The zero-order chi connectivity index (χ0) is 13.8. The van der Waals surface area contributed by atoms with Crippen molar-refractivity contribution in [3.05, 3.63) is 23.8 Å². The number of anilines is 2. The maximum absolute atomic E-state index is 11.1. The fourth-order valence-corrected chi connectivity index (χ4v) is 3.38. The van der Waals surface area contributed by atoms with E-state index in [4.69, 9.17) is 11.5 Å². The van der Waals surface area contributed by atoms with E-state index in [9.17, 15) is 4.79 Å². The van der Waals surface area contributed by atoms with E-state index in [0.717, 1.165) is 17.4 Å². The molecular formula is C14H21N3OS. The second kappa shape index (κ2) is 6.19. The average Bonchev–Trinajstić information content (AvgIpc) is 2.41. The van der Waals surface area contributed by atoms with Crippen LogP contribution in [0.25, 0.3) is 0 Å². The maximum Gasteiger partial charge on any atom is 0.248 e. The molecule has 1 aliphatic rings. The number of nitrogens with two attached hydrogens (primary N) is 2. The van der Waals surface area contributed by atoms with Gasteiger partial charge in [-0.05, 0) is 43.7 Å². The summed E-state index contributed by atoms with van der Waals surface area (Å²) in [7, 11) is 0. The molecule has 0 saturated heterocycles. The Morgan fingerprint density at radius 2 is 2.21 bits per heavy atom. The lowest BCUT2D eigenvalue weighted by atomic mass is 9.94. The van der Waals surface area contributed by atoms with E-state index in [1.54, 1.807) is 12.1 Å². The minimum Gasteiger partial charge on any atom is -0.397 e. The molecule has 1 amide bonds. The summed E-state index contributed by atoms with van der Waals surface area (Å²) in [6.07, 6.45) is 7.06. The van der Waals surface area contributed by atoms with Crippen LogP contribution in [0.15, 0.2) is 18.2 Å². The second-order valence-electron chi connectivity index (χ2n) is 5.03. The summed E-state index contributed by atoms with van der Waals surface area (Å²) in [6.45, 7) is 0. The van der Waals surface area contributed by atoms with Gasteiger partial charge in [0.1, 0.15) is 0 Å². The van der Waals surface area contributed by atoms with Crippen molar-refractivity contribution < 1.29 is 4.79 Å². The normalized spacial score (nSPS) is 23.0. The summed E-state index contributed by atoms with van der Waals surface area (Å²) in [5, 5.41) is 4.22. The van der Waals surface area contributed by atoms with Crippen LogP contribution in [0, 0.1) is 0 Å². The molecule has 5 heteroatoms. The van der Waals surface area contributed by atoms with Gasteiger partial charge in [-0.25, -0.2) is 0 Å². The van der Waals surface area contributed by atoms with Crippen molar-refractivity contribution in [3.8, 4) is 0 Å². The first-order valence-corrected chi connectivity index (χ1v) is 7.87. The van der Waals surface area contributed by atoms with E-state index in [0.29, 0.717) is 17.3 Å². The largest absolute Gasteiger partial charge is 0.397 e. The quantitative estimate of drug-likeness (QED) is 0.739. The lowest BCUT2D eigenvalue weighted by molar-refractivity contribution is 0.100. The van der Waals surface area contributed by atoms with Crippen LogP contribution in [0.5, 0.6) is 0 Å². The van der Waals surface area contributed by atoms with Crippen molar-refractivity contribution in [1.82, 2.24) is 0 Å².